The fourth-order valence-corrected chi connectivity index (χ4v) is 2.26. The first-order valence-corrected chi connectivity index (χ1v) is 7.17. The summed E-state index contributed by atoms with van der Waals surface area (Å²) in [5, 5.41) is 1.32. The van der Waals surface area contributed by atoms with E-state index in [2.05, 4.69) is 0 Å². The largest absolute Gasteiger partial charge is 0.480 e. The van der Waals surface area contributed by atoms with Crippen molar-refractivity contribution < 1.29 is 14.3 Å². The Kier molecular flexibility index (Phi) is 5.74. The van der Waals surface area contributed by atoms with Gasteiger partial charge in [0.2, 0.25) is 0 Å². The predicted octanol–water partition coefficient (Wildman–Crippen LogP) is 4.77. The van der Waals surface area contributed by atoms with Crippen LogP contribution in [-0.2, 0) is 16.1 Å². The Bertz CT molecular complexity index is 624. The highest BCUT2D eigenvalue weighted by Gasteiger charge is 2.10. The molecule has 0 amide bonds. The van der Waals surface area contributed by atoms with Gasteiger partial charge in [0.05, 0.1) is 5.02 Å². The van der Waals surface area contributed by atoms with Gasteiger partial charge in [-0.05, 0) is 24.3 Å². The van der Waals surface area contributed by atoms with Gasteiger partial charge in [-0.1, -0.05) is 53.0 Å². The second-order valence-corrected chi connectivity index (χ2v) is 5.30. The van der Waals surface area contributed by atoms with Gasteiger partial charge in [-0.25, -0.2) is 4.79 Å². The number of hydrogen-bond donors (Lipinski definition) is 0. The molecule has 0 unspecified atom stereocenters. The average molecular weight is 346 g/mol. The molecule has 0 aliphatic heterocycles. The molecule has 0 N–H and O–H groups in total. The van der Waals surface area contributed by atoms with Crippen LogP contribution >= 0.6 is 34.8 Å². The SMILES string of the molecule is O=C(COc1ccccc1Cl)OCc1c(Cl)cccc1Cl. The van der Waals surface area contributed by atoms with Gasteiger partial charge in [-0.3, -0.25) is 0 Å². The molecule has 21 heavy (non-hydrogen) atoms. The summed E-state index contributed by atoms with van der Waals surface area (Å²) in [5.41, 5.74) is 0.562. The van der Waals surface area contributed by atoms with Crippen molar-refractivity contribution in [1.29, 1.82) is 0 Å². The van der Waals surface area contributed by atoms with Gasteiger partial charge in [-0.15, -0.1) is 0 Å². The van der Waals surface area contributed by atoms with E-state index in [9.17, 15) is 4.79 Å². The van der Waals surface area contributed by atoms with Crippen LogP contribution in [-0.4, -0.2) is 12.6 Å². The monoisotopic (exact) mass is 344 g/mol. The van der Waals surface area contributed by atoms with Crippen molar-refractivity contribution in [3.63, 3.8) is 0 Å². The second kappa shape index (κ2) is 7.55. The van der Waals surface area contributed by atoms with Crippen LogP contribution in [0.15, 0.2) is 42.5 Å². The third-order valence-corrected chi connectivity index (χ3v) is 3.64. The van der Waals surface area contributed by atoms with Crippen LogP contribution in [0.2, 0.25) is 15.1 Å². The van der Waals surface area contributed by atoms with E-state index >= 15 is 0 Å². The molecule has 0 atom stereocenters. The summed E-state index contributed by atoms with van der Waals surface area (Å²) in [6, 6.07) is 11.9. The van der Waals surface area contributed by atoms with Crippen molar-refractivity contribution in [2.75, 3.05) is 6.61 Å². The van der Waals surface area contributed by atoms with E-state index in [-0.39, 0.29) is 13.2 Å². The summed E-state index contributed by atoms with van der Waals surface area (Å²) >= 11 is 17.9. The topological polar surface area (TPSA) is 35.5 Å². The number of carbonyl (C=O) groups excluding carboxylic acids is 1. The summed E-state index contributed by atoms with van der Waals surface area (Å²) < 4.78 is 10.4. The number of hydrogen-bond acceptors (Lipinski definition) is 3. The first kappa shape index (κ1) is 16.0. The van der Waals surface area contributed by atoms with Gasteiger partial charge in [0, 0.05) is 15.6 Å². The molecule has 2 aromatic rings. The third-order valence-electron chi connectivity index (χ3n) is 2.62. The Hall–Kier alpha value is -1.42. The quantitative estimate of drug-likeness (QED) is 0.732. The Balaban J connectivity index is 1.87. The van der Waals surface area contributed by atoms with Gasteiger partial charge >= 0.3 is 5.97 Å². The van der Waals surface area contributed by atoms with Crippen molar-refractivity contribution >= 4 is 40.8 Å². The molecular weight excluding hydrogens is 335 g/mol. The molecule has 0 aromatic heterocycles. The van der Waals surface area contributed by atoms with Crippen LogP contribution in [0.4, 0.5) is 0 Å². The van der Waals surface area contributed by atoms with Gasteiger partial charge in [0.1, 0.15) is 12.4 Å². The summed E-state index contributed by atoms with van der Waals surface area (Å²) in [6.45, 7) is -0.255. The Morgan fingerprint density at radius 1 is 0.905 bits per heavy atom. The molecule has 2 aromatic carbocycles. The van der Waals surface area contributed by atoms with E-state index in [1.165, 1.54) is 0 Å². The molecule has 0 saturated heterocycles. The Labute approximate surface area is 137 Å². The first-order valence-electron chi connectivity index (χ1n) is 6.04. The van der Waals surface area contributed by atoms with Crippen LogP contribution < -0.4 is 4.74 Å². The summed E-state index contributed by atoms with van der Waals surface area (Å²) in [7, 11) is 0. The number of para-hydroxylation sites is 1. The number of benzene rings is 2. The van der Waals surface area contributed by atoms with Gasteiger partial charge in [-0.2, -0.15) is 0 Å². The lowest BCUT2D eigenvalue weighted by atomic mass is 10.2. The molecule has 0 spiro atoms. The van der Waals surface area contributed by atoms with E-state index in [4.69, 9.17) is 44.3 Å². The molecule has 0 aliphatic carbocycles. The van der Waals surface area contributed by atoms with E-state index < -0.39 is 5.97 Å². The zero-order chi connectivity index (χ0) is 15.2. The van der Waals surface area contributed by atoms with Crippen molar-refractivity contribution in [1.82, 2.24) is 0 Å². The lowest BCUT2D eigenvalue weighted by molar-refractivity contribution is -0.147. The fraction of sp³-hybridized carbons (Fsp3) is 0.133. The van der Waals surface area contributed by atoms with E-state index in [0.29, 0.717) is 26.4 Å². The van der Waals surface area contributed by atoms with Gasteiger partial charge in [0.25, 0.3) is 0 Å². The third kappa shape index (κ3) is 4.53. The minimum Gasteiger partial charge on any atom is -0.480 e. The van der Waals surface area contributed by atoms with Crippen molar-refractivity contribution in [3.8, 4) is 5.75 Å². The number of esters is 1. The number of halogens is 3. The smallest absolute Gasteiger partial charge is 0.344 e. The zero-order valence-electron chi connectivity index (χ0n) is 10.8. The molecule has 6 heteroatoms. The summed E-state index contributed by atoms with van der Waals surface area (Å²) in [5.74, 6) is -0.113. The summed E-state index contributed by atoms with van der Waals surface area (Å²) in [6.07, 6.45) is 0. The first-order chi connectivity index (χ1) is 10.1. The van der Waals surface area contributed by atoms with E-state index in [1.54, 1.807) is 42.5 Å². The average Bonchev–Trinajstić information content (AvgIpc) is 2.46. The maximum atomic E-state index is 11.6. The molecule has 0 fully saturated rings. The molecule has 0 aliphatic rings. The van der Waals surface area contributed by atoms with E-state index in [1.807, 2.05) is 0 Å². The van der Waals surface area contributed by atoms with Gasteiger partial charge < -0.3 is 9.47 Å². The normalized spacial score (nSPS) is 10.2. The van der Waals surface area contributed by atoms with Crippen molar-refractivity contribution in [2.24, 2.45) is 0 Å². The fourth-order valence-electron chi connectivity index (χ4n) is 1.56. The van der Waals surface area contributed by atoms with Crippen molar-refractivity contribution in [2.45, 2.75) is 6.61 Å². The molecule has 2 rings (SSSR count). The lowest BCUT2D eigenvalue weighted by Gasteiger charge is -2.10. The Morgan fingerprint density at radius 3 is 2.19 bits per heavy atom. The molecule has 0 heterocycles. The Morgan fingerprint density at radius 2 is 1.52 bits per heavy atom. The van der Waals surface area contributed by atoms with Crippen LogP contribution in [0, 0.1) is 0 Å². The minimum atomic E-state index is -0.536. The molecule has 0 radical (unpaired) electrons. The molecule has 0 saturated carbocycles. The molecule has 3 nitrogen and oxygen atoms in total. The molecular formula is C15H11Cl3O3. The summed E-state index contributed by atoms with van der Waals surface area (Å²) in [4.78, 5) is 11.6. The number of rotatable bonds is 5. The van der Waals surface area contributed by atoms with Gasteiger partial charge in [0.15, 0.2) is 6.61 Å². The van der Waals surface area contributed by atoms with Crippen LogP contribution in [0.3, 0.4) is 0 Å². The van der Waals surface area contributed by atoms with E-state index in [0.717, 1.165) is 0 Å². The standard InChI is InChI=1S/C15H11Cl3O3/c16-11-5-3-6-12(17)10(11)8-21-15(19)9-20-14-7-2-1-4-13(14)18/h1-7H,8-9H2. The second-order valence-electron chi connectivity index (χ2n) is 4.08. The highest BCUT2D eigenvalue weighted by Crippen LogP contribution is 2.25. The molecule has 0 bridgehead atoms. The van der Waals surface area contributed by atoms with Crippen LogP contribution in [0.1, 0.15) is 5.56 Å². The highest BCUT2D eigenvalue weighted by molar-refractivity contribution is 6.36. The van der Waals surface area contributed by atoms with Crippen LogP contribution in [0.25, 0.3) is 0 Å². The maximum Gasteiger partial charge on any atom is 0.344 e. The van der Waals surface area contributed by atoms with Crippen LogP contribution in [0.5, 0.6) is 5.75 Å². The van der Waals surface area contributed by atoms with Crippen molar-refractivity contribution in [3.05, 3.63) is 63.1 Å². The number of carbonyl (C=O) groups is 1. The maximum absolute atomic E-state index is 11.6. The highest BCUT2D eigenvalue weighted by atomic mass is 35.5. The zero-order valence-corrected chi connectivity index (χ0v) is 13.1. The number of ether oxygens (including phenoxy) is 2. The minimum absolute atomic E-state index is 0.0107. The molecule has 110 valence electrons. The predicted molar refractivity (Wildman–Crippen MR) is 83.2 cm³/mol. The lowest BCUT2D eigenvalue weighted by Crippen LogP contribution is -2.15.